The number of nitrogens with zero attached hydrogens (tertiary/aromatic N) is 2. The fourth-order valence-corrected chi connectivity index (χ4v) is 4.61. The van der Waals surface area contributed by atoms with Gasteiger partial charge in [-0.3, -0.25) is 9.36 Å². The molecule has 0 saturated heterocycles. The van der Waals surface area contributed by atoms with Crippen LogP contribution >= 0.6 is 11.3 Å². The van der Waals surface area contributed by atoms with E-state index in [0.717, 1.165) is 27.3 Å². The maximum Gasteiger partial charge on any atom is 0.262 e. The standard InChI is InChI=1S/C27H22N2O2S/c1-19-7-13-23(14-8-19)31-16-15-29-18-28-26-25(27(29)30)24(17-32-26)22-11-9-21(10-12-22)20-5-3-2-4-6-20/h2-14,17-18H,15-16H2,1H3. The van der Waals surface area contributed by atoms with Crippen LogP contribution in [0.2, 0.25) is 0 Å². The molecule has 5 aromatic rings. The lowest BCUT2D eigenvalue weighted by atomic mass is 10.0. The van der Waals surface area contributed by atoms with Crippen LogP contribution in [-0.2, 0) is 6.54 Å². The summed E-state index contributed by atoms with van der Waals surface area (Å²) >= 11 is 1.50. The fraction of sp³-hybridized carbons (Fsp3) is 0.111. The molecule has 32 heavy (non-hydrogen) atoms. The Labute approximate surface area is 190 Å². The predicted octanol–water partition coefficient (Wildman–Crippen LogP) is 6.18. The minimum absolute atomic E-state index is 0.0362. The lowest BCUT2D eigenvalue weighted by molar-refractivity contribution is 0.296. The molecule has 158 valence electrons. The second-order valence-corrected chi connectivity index (χ2v) is 8.54. The van der Waals surface area contributed by atoms with Crippen LogP contribution in [0, 0.1) is 6.92 Å². The lowest BCUT2D eigenvalue weighted by Gasteiger charge is -2.09. The Bertz CT molecular complexity index is 1400. The minimum Gasteiger partial charge on any atom is -0.492 e. The summed E-state index contributed by atoms with van der Waals surface area (Å²) in [7, 11) is 0. The zero-order valence-corrected chi connectivity index (χ0v) is 18.5. The average molecular weight is 439 g/mol. The Hall–Kier alpha value is -3.70. The molecule has 4 nitrogen and oxygen atoms in total. The van der Waals surface area contributed by atoms with Crippen LogP contribution in [0.15, 0.2) is 95.4 Å². The predicted molar refractivity (Wildman–Crippen MR) is 131 cm³/mol. The second kappa shape index (κ2) is 8.81. The molecule has 0 amide bonds. The zero-order chi connectivity index (χ0) is 21.9. The number of fused-ring (bicyclic) bond motifs is 1. The summed E-state index contributed by atoms with van der Waals surface area (Å²) in [6.45, 7) is 2.89. The first kappa shape index (κ1) is 20.2. The van der Waals surface area contributed by atoms with Gasteiger partial charge in [-0.2, -0.15) is 0 Å². The van der Waals surface area contributed by atoms with Crippen LogP contribution in [0.4, 0.5) is 0 Å². The number of hydrogen-bond acceptors (Lipinski definition) is 4. The van der Waals surface area contributed by atoms with Crippen molar-refractivity contribution in [2.75, 3.05) is 6.61 Å². The van der Waals surface area contributed by atoms with E-state index in [-0.39, 0.29) is 5.56 Å². The van der Waals surface area contributed by atoms with E-state index < -0.39 is 0 Å². The summed E-state index contributed by atoms with van der Waals surface area (Å²) in [6.07, 6.45) is 1.61. The van der Waals surface area contributed by atoms with Gasteiger partial charge in [0.25, 0.3) is 5.56 Å². The maximum atomic E-state index is 13.2. The number of rotatable bonds is 6. The number of aryl methyl sites for hydroxylation is 1. The molecule has 0 spiro atoms. The Morgan fingerprint density at radius 2 is 1.56 bits per heavy atom. The van der Waals surface area contributed by atoms with Crippen LogP contribution in [0.25, 0.3) is 32.5 Å². The molecule has 2 heterocycles. The highest BCUT2D eigenvalue weighted by atomic mass is 32.1. The molecule has 0 saturated carbocycles. The summed E-state index contributed by atoms with van der Waals surface area (Å²) in [5.74, 6) is 0.799. The van der Waals surface area contributed by atoms with Crippen molar-refractivity contribution in [2.24, 2.45) is 0 Å². The molecule has 0 aliphatic rings. The van der Waals surface area contributed by atoms with E-state index in [2.05, 4.69) is 41.4 Å². The van der Waals surface area contributed by atoms with Gasteiger partial charge in [-0.15, -0.1) is 11.3 Å². The molecule has 0 N–H and O–H groups in total. The first-order valence-corrected chi connectivity index (χ1v) is 11.4. The molecule has 0 bridgehead atoms. The van der Waals surface area contributed by atoms with Gasteiger partial charge < -0.3 is 4.74 Å². The van der Waals surface area contributed by atoms with E-state index >= 15 is 0 Å². The number of benzene rings is 3. The Kier molecular flexibility index (Phi) is 5.57. The average Bonchev–Trinajstić information content (AvgIpc) is 3.27. The van der Waals surface area contributed by atoms with Crippen molar-refractivity contribution in [2.45, 2.75) is 13.5 Å². The van der Waals surface area contributed by atoms with Gasteiger partial charge >= 0.3 is 0 Å². The van der Waals surface area contributed by atoms with E-state index in [1.54, 1.807) is 10.9 Å². The quantitative estimate of drug-likeness (QED) is 0.318. The SMILES string of the molecule is Cc1ccc(OCCn2cnc3scc(-c4ccc(-c5ccccc5)cc4)c3c2=O)cc1. The van der Waals surface area contributed by atoms with Gasteiger partial charge in [0.2, 0.25) is 0 Å². The van der Waals surface area contributed by atoms with Crippen LogP contribution < -0.4 is 10.3 Å². The fourth-order valence-electron chi connectivity index (χ4n) is 3.71. The van der Waals surface area contributed by atoms with E-state index in [1.807, 2.05) is 54.8 Å². The summed E-state index contributed by atoms with van der Waals surface area (Å²) in [5.41, 5.74) is 5.42. The van der Waals surface area contributed by atoms with Crippen LogP contribution in [0.1, 0.15) is 5.56 Å². The molecule has 0 aliphatic heterocycles. The van der Waals surface area contributed by atoms with Gasteiger partial charge in [-0.25, -0.2) is 4.98 Å². The highest BCUT2D eigenvalue weighted by Crippen LogP contribution is 2.32. The molecule has 0 unspecified atom stereocenters. The molecular weight excluding hydrogens is 416 g/mol. The van der Waals surface area contributed by atoms with Gasteiger partial charge in [-0.05, 0) is 35.7 Å². The monoisotopic (exact) mass is 438 g/mol. The van der Waals surface area contributed by atoms with Gasteiger partial charge in [0.15, 0.2) is 0 Å². The third kappa shape index (κ3) is 4.07. The van der Waals surface area contributed by atoms with Crippen molar-refractivity contribution in [3.8, 4) is 28.0 Å². The van der Waals surface area contributed by atoms with Gasteiger partial charge in [0.1, 0.15) is 17.2 Å². The zero-order valence-electron chi connectivity index (χ0n) is 17.7. The molecular formula is C27H22N2O2S. The highest BCUT2D eigenvalue weighted by molar-refractivity contribution is 7.17. The number of thiophene rings is 1. The van der Waals surface area contributed by atoms with E-state index in [0.29, 0.717) is 18.5 Å². The van der Waals surface area contributed by atoms with Crippen molar-refractivity contribution in [1.82, 2.24) is 9.55 Å². The number of ether oxygens (including phenoxy) is 1. The third-order valence-corrected chi connectivity index (χ3v) is 6.37. The highest BCUT2D eigenvalue weighted by Gasteiger charge is 2.13. The molecule has 5 heteroatoms. The maximum absolute atomic E-state index is 13.2. The smallest absolute Gasteiger partial charge is 0.262 e. The largest absolute Gasteiger partial charge is 0.492 e. The van der Waals surface area contributed by atoms with Crippen LogP contribution in [0.3, 0.4) is 0 Å². The molecule has 3 aromatic carbocycles. The number of hydrogen-bond donors (Lipinski definition) is 0. The first-order chi connectivity index (χ1) is 15.7. The molecule has 0 radical (unpaired) electrons. The van der Waals surface area contributed by atoms with Crippen molar-refractivity contribution >= 4 is 21.6 Å². The van der Waals surface area contributed by atoms with E-state index in [1.165, 1.54) is 22.5 Å². The minimum atomic E-state index is -0.0362. The van der Waals surface area contributed by atoms with E-state index in [9.17, 15) is 4.79 Å². The van der Waals surface area contributed by atoms with Crippen molar-refractivity contribution in [3.05, 3.63) is 106 Å². The van der Waals surface area contributed by atoms with Crippen LogP contribution in [0.5, 0.6) is 5.75 Å². The van der Waals surface area contributed by atoms with Crippen LogP contribution in [-0.4, -0.2) is 16.2 Å². The number of aromatic nitrogens is 2. The van der Waals surface area contributed by atoms with E-state index in [4.69, 9.17) is 4.74 Å². The molecule has 5 rings (SSSR count). The summed E-state index contributed by atoms with van der Waals surface area (Å²) in [4.78, 5) is 18.5. The molecule has 2 aromatic heterocycles. The molecule has 0 atom stereocenters. The van der Waals surface area contributed by atoms with Crippen molar-refractivity contribution in [3.63, 3.8) is 0 Å². The van der Waals surface area contributed by atoms with Gasteiger partial charge in [0.05, 0.1) is 18.3 Å². The van der Waals surface area contributed by atoms with Crippen molar-refractivity contribution < 1.29 is 4.74 Å². The second-order valence-electron chi connectivity index (χ2n) is 7.68. The Balaban J connectivity index is 1.40. The Morgan fingerprint density at radius 3 is 2.31 bits per heavy atom. The van der Waals surface area contributed by atoms with Crippen molar-refractivity contribution in [1.29, 1.82) is 0 Å². The molecule has 0 aliphatic carbocycles. The summed E-state index contributed by atoms with van der Waals surface area (Å²) < 4.78 is 7.43. The third-order valence-electron chi connectivity index (χ3n) is 5.49. The van der Waals surface area contributed by atoms with Gasteiger partial charge in [0, 0.05) is 10.9 Å². The topological polar surface area (TPSA) is 44.1 Å². The van der Waals surface area contributed by atoms with Gasteiger partial charge in [-0.1, -0.05) is 72.3 Å². The lowest BCUT2D eigenvalue weighted by Crippen LogP contribution is -2.23. The normalized spacial score (nSPS) is 11.0. The first-order valence-electron chi connectivity index (χ1n) is 10.5. The summed E-state index contributed by atoms with van der Waals surface area (Å²) in [6, 6.07) is 26.5. The Morgan fingerprint density at radius 1 is 0.875 bits per heavy atom. The summed E-state index contributed by atoms with van der Waals surface area (Å²) in [5, 5.41) is 2.68. The molecule has 0 fully saturated rings.